The molecule has 1 amide bonds. The van der Waals surface area contributed by atoms with E-state index in [0.29, 0.717) is 47.1 Å². The van der Waals surface area contributed by atoms with Gasteiger partial charge in [-0.3, -0.25) is 5.10 Å². The van der Waals surface area contributed by atoms with E-state index in [1.54, 1.807) is 29.3 Å². The number of hydrogen-bond donors (Lipinski definition) is 2. The number of halogens is 4. The lowest BCUT2D eigenvalue weighted by Gasteiger charge is -2.37. The van der Waals surface area contributed by atoms with E-state index >= 15 is 0 Å². The van der Waals surface area contributed by atoms with E-state index in [0.717, 1.165) is 17.0 Å². The van der Waals surface area contributed by atoms with Gasteiger partial charge in [0.15, 0.2) is 5.13 Å². The molecule has 2 aromatic heterocycles. The third-order valence-electron chi connectivity index (χ3n) is 7.18. The number of aromatic nitrogens is 3. The first-order valence-electron chi connectivity index (χ1n) is 13.6. The second kappa shape index (κ2) is 11.7. The van der Waals surface area contributed by atoms with Gasteiger partial charge in [-0.1, -0.05) is 35.1 Å². The number of fused-ring (bicyclic) bond motifs is 1. The molecule has 8 nitrogen and oxygen atoms in total. The van der Waals surface area contributed by atoms with Crippen LogP contribution in [0.5, 0.6) is 5.88 Å². The van der Waals surface area contributed by atoms with Crippen LogP contribution in [-0.2, 0) is 10.9 Å². The zero-order valence-electron chi connectivity index (χ0n) is 24.0. The van der Waals surface area contributed by atoms with Gasteiger partial charge in [-0.25, -0.2) is 4.79 Å². The maximum atomic E-state index is 14.0. The van der Waals surface area contributed by atoms with Crippen molar-refractivity contribution >= 4 is 56.7 Å². The molecule has 4 aromatic rings. The molecule has 0 saturated carbocycles. The third-order valence-corrected chi connectivity index (χ3v) is 8.58. The van der Waals surface area contributed by atoms with Crippen molar-refractivity contribution in [3.8, 4) is 5.88 Å². The van der Waals surface area contributed by atoms with Crippen molar-refractivity contribution in [2.24, 2.45) is 0 Å². The maximum absolute atomic E-state index is 14.0. The summed E-state index contributed by atoms with van der Waals surface area (Å²) in [5.41, 5.74) is 0.134. The number of H-pyrrole nitrogens is 1. The Hall–Kier alpha value is -3.77. The molecule has 3 heterocycles. The largest absolute Gasteiger partial charge is 0.492 e. The molecule has 0 atom stereocenters. The number of benzene rings is 2. The van der Waals surface area contributed by atoms with Crippen LogP contribution in [0, 0.1) is 0 Å². The van der Waals surface area contributed by atoms with Gasteiger partial charge in [0.2, 0.25) is 5.88 Å². The van der Waals surface area contributed by atoms with Crippen LogP contribution in [0.2, 0.25) is 5.02 Å². The molecule has 2 aromatic carbocycles. The molecule has 228 valence electrons. The predicted molar refractivity (Wildman–Crippen MR) is 163 cm³/mol. The molecule has 0 radical (unpaired) electrons. The predicted octanol–water partition coefficient (Wildman–Crippen LogP) is 7.82. The molecule has 1 saturated heterocycles. The fourth-order valence-electron chi connectivity index (χ4n) is 4.99. The molecule has 0 bridgehead atoms. The van der Waals surface area contributed by atoms with Crippen molar-refractivity contribution in [2.45, 2.75) is 51.4 Å². The van der Waals surface area contributed by atoms with E-state index in [1.165, 1.54) is 29.5 Å². The summed E-state index contributed by atoms with van der Waals surface area (Å²) in [6.07, 6.45) is -0.666. The first-order chi connectivity index (χ1) is 20.2. The molecule has 13 heteroatoms. The summed E-state index contributed by atoms with van der Waals surface area (Å²) in [4.78, 5) is 20.8. The molecule has 5 rings (SSSR count). The lowest BCUT2D eigenvalue weighted by molar-refractivity contribution is -0.137. The number of ether oxygens (including phenoxy) is 1. The van der Waals surface area contributed by atoms with Crippen molar-refractivity contribution in [3.05, 3.63) is 69.2 Å². The van der Waals surface area contributed by atoms with E-state index in [2.05, 4.69) is 15.2 Å². The van der Waals surface area contributed by atoms with Gasteiger partial charge < -0.3 is 19.6 Å². The summed E-state index contributed by atoms with van der Waals surface area (Å²) in [7, 11) is 1.86. The van der Waals surface area contributed by atoms with Gasteiger partial charge in [0.25, 0.3) is 0 Å². The molecule has 0 spiro atoms. The average Bonchev–Trinajstić information content (AvgIpc) is 3.56. The van der Waals surface area contributed by atoms with E-state index in [1.807, 2.05) is 32.7 Å². The number of thiazole rings is 1. The molecule has 1 aliphatic rings. The normalized spacial score (nSPS) is 15.3. The minimum atomic E-state index is -4.65. The Morgan fingerprint density at radius 1 is 1.19 bits per heavy atom. The SMILES string of the molecule is CN(c1nc(O)c(C(=Cc2ccc(Cl)cc2C(F)(F)F)c2ccc3[nH]ncc3c2)s1)C1CCN(C(=O)OC(C)(C)C)CC1. The highest BCUT2D eigenvalue weighted by molar-refractivity contribution is 7.17. The van der Waals surface area contributed by atoms with E-state index < -0.39 is 17.3 Å². The van der Waals surface area contributed by atoms with Crippen LogP contribution in [-0.4, -0.2) is 63.1 Å². The van der Waals surface area contributed by atoms with Gasteiger partial charge >= 0.3 is 12.3 Å². The van der Waals surface area contributed by atoms with Crippen molar-refractivity contribution in [1.82, 2.24) is 20.1 Å². The van der Waals surface area contributed by atoms with Gasteiger partial charge in [0.1, 0.15) is 10.5 Å². The smallest absolute Gasteiger partial charge is 0.417 e. The summed E-state index contributed by atoms with van der Waals surface area (Å²) in [5.74, 6) is -0.292. The first kappa shape index (κ1) is 30.7. The van der Waals surface area contributed by atoms with E-state index in [9.17, 15) is 23.1 Å². The number of anilines is 1. The monoisotopic (exact) mass is 633 g/mol. The molecule has 43 heavy (non-hydrogen) atoms. The zero-order chi connectivity index (χ0) is 31.1. The van der Waals surface area contributed by atoms with E-state index in [4.69, 9.17) is 16.3 Å². The lowest BCUT2D eigenvalue weighted by Crippen LogP contribution is -2.47. The van der Waals surface area contributed by atoms with Gasteiger partial charge in [-0.05, 0) is 75.1 Å². The van der Waals surface area contributed by atoms with Crippen LogP contribution >= 0.6 is 22.9 Å². The van der Waals surface area contributed by atoms with Crippen LogP contribution in [0.4, 0.5) is 23.1 Å². The Kier molecular flexibility index (Phi) is 8.36. The van der Waals surface area contributed by atoms with Gasteiger partial charge in [0, 0.05) is 42.2 Å². The minimum absolute atomic E-state index is 0.0277. The number of nitrogens with zero attached hydrogens (tertiary/aromatic N) is 4. The maximum Gasteiger partial charge on any atom is 0.417 e. The number of aromatic amines is 1. The number of nitrogens with one attached hydrogen (secondary N) is 1. The number of amides is 1. The number of likely N-dealkylation sites (tertiary alicyclic amines) is 1. The number of carbonyl (C=O) groups is 1. The van der Waals surface area contributed by atoms with Crippen LogP contribution in [0.1, 0.15) is 55.2 Å². The van der Waals surface area contributed by atoms with Crippen LogP contribution in [0.3, 0.4) is 0 Å². The summed E-state index contributed by atoms with van der Waals surface area (Å²) in [5, 5.41) is 19.2. The van der Waals surface area contributed by atoms with Crippen LogP contribution in [0.25, 0.3) is 22.6 Å². The Labute approximate surface area is 255 Å². The molecule has 0 unspecified atom stereocenters. The second-order valence-corrected chi connectivity index (χ2v) is 12.8. The highest BCUT2D eigenvalue weighted by Gasteiger charge is 2.34. The Balaban J connectivity index is 1.48. The number of piperidine rings is 1. The fraction of sp³-hybridized carbons (Fsp3) is 0.367. The Bertz CT molecular complexity index is 1670. The van der Waals surface area contributed by atoms with Gasteiger partial charge in [0.05, 0.1) is 17.3 Å². The highest BCUT2D eigenvalue weighted by Crippen LogP contribution is 2.43. The summed E-state index contributed by atoms with van der Waals surface area (Å²) in [6, 6.07) is 8.95. The number of alkyl halides is 3. The number of rotatable bonds is 5. The van der Waals surface area contributed by atoms with Gasteiger partial charge in [-0.2, -0.15) is 23.3 Å². The first-order valence-corrected chi connectivity index (χ1v) is 14.8. The van der Waals surface area contributed by atoms with Crippen molar-refractivity contribution < 1.29 is 27.8 Å². The molecule has 1 fully saturated rings. The average molecular weight is 634 g/mol. The third kappa shape index (κ3) is 6.91. The molecule has 0 aliphatic carbocycles. The topological polar surface area (TPSA) is 94.6 Å². The fourth-order valence-corrected chi connectivity index (χ4v) is 6.19. The summed E-state index contributed by atoms with van der Waals surface area (Å²) in [6.45, 7) is 6.47. The highest BCUT2D eigenvalue weighted by atomic mass is 35.5. The standard InChI is InChI=1S/C30H31ClF3N5O3S/c1-29(2,3)42-28(41)39-11-9-21(10-12-39)38(4)27-36-26(40)25(43-27)22(17-6-8-24-19(13-17)16-35-37-24)14-18-5-7-20(31)15-23(18)30(32,33)34/h5-8,13-16,21,40H,9-12H2,1-4H3,(H,35,37). The van der Waals surface area contributed by atoms with Crippen LogP contribution in [0.15, 0.2) is 42.6 Å². The number of aromatic hydroxyl groups is 1. The number of hydrogen-bond acceptors (Lipinski definition) is 7. The quantitative estimate of drug-likeness (QED) is 0.218. The zero-order valence-corrected chi connectivity index (χ0v) is 25.6. The van der Waals surface area contributed by atoms with Crippen molar-refractivity contribution in [1.29, 1.82) is 0 Å². The summed E-state index contributed by atoms with van der Waals surface area (Å²) >= 11 is 7.11. The minimum Gasteiger partial charge on any atom is -0.492 e. The molecular weight excluding hydrogens is 603 g/mol. The summed E-state index contributed by atoms with van der Waals surface area (Å²) < 4.78 is 47.5. The molecule has 1 aliphatic heterocycles. The van der Waals surface area contributed by atoms with Crippen LogP contribution < -0.4 is 4.90 Å². The molecule has 2 N–H and O–H groups in total. The van der Waals surface area contributed by atoms with Crippen molar-refractivity contribution in [3.63, 3.8) is 0 Å². The van der Waals surface area contributed by atoms with Gasteiger partial charge in [-0.15, -0.1) is 0 Å². The lowest BCUT2D eigenvalue weighted by atomic mass is 9.97. The van der Waals surface area contributed by atoms with E-state index in [-0.39, 0.29) is 28.6 Å². The number of carbonyl (C=O) groups excluding carboxylic acids is 1. The molecular formula is C30H31ClF3N5O3S. The van der Waals surface area contributed by atoms with Crippen molar-refractivity contribution in [2.75, 3.05) is 25.0 Å². The second-order valence-electron chi connectivity index (χ2n) is 11.4. The Morgan fingerprint density at radius 2 is 1.91 bits per heavy atom. The Morgan fingerprint density at radius 3 is 2.58 bits per heavy atom.